The first-order valence-corrected chi connectivity index (χ1v) is 5.68. The minimum Gasteiger partial charge on any atom is -0.506 e. The number of phenolic OH excluding ortho intramolecular Hbond substituents is 1. The van der Waals surface area contributed by atoms with Crippen LogP contribution in [0.2, 0.25) is 0 Å². The van der Waals surface area contributed by atoms with Gasteiger partial charge in [0.2, 0.25) is 5.91 Å². The summed E-state index contributed by atoms with van der Waals surface area (Å²) >= 11 is 0. The molecule has 1 amide bonds. The number of nitrogens with two attached hydrogens (primary N) is 1. The fourth-order valence-corrected chi connectivity index (χ4v) is 1.45. The van der Waals surface area contributed by atoms with Gasteiger partial charge in [-0.1, -0.05) is 26.8 Å². The van der Waals surface area contributed by atoms with Crippen LogP contribution in [-0.4, -0.2) is 17.6 Å². The predicted molar refractivity (Wildman–Crippen MR) is 76.4 cm³/mol. The maximum absolute atomic E-state index is 11.4. The van der Waals surface area contributed by atoms with Crippen molar-refractivity contribution in [1.29, 1.82) is 0 Å². The van der Waals surface area contributed by atoms with Crippen molar-refractivity contribution in [2.45, 2.75) is 32.6 Å². The highest BCUT2D eigenvalue weighted by atomic mass is 35.5. The molecule has 0 unspecified atom stereocenters. The summed E-state index contributed by atoms with van der Waals surface area (Å²) in [6.45, 7) is 6.52. The molecule has 0 radical (unpaired) electrons. The standard InChI is InChI=1S/C13H20N2O2.ClH/c1-13(2,3)9-4-5-11(16)10(8-9)15-12(17)6-7-14;/h4-5,8,16H,6-7,14H2,1-3H3,(H,15,17);1H. The average molecular weight is 273 g/mol. The van der Waals surface area contributed by atoms with Gasteiger partial charge in [-0.15, -0.1) is 12.4 Å². The van der Waals surface area contributed by atoms with E-state index in [4.69, 9.17) is 5.73 Å². The van der Waals surface area contributed by atoms with Crippen molar-refractivity contribution in [3.05, 3.63) is 23.8 Å². The lowest BCUT2D eigenvalue weighted by atomic mass is 9.87. The number of hydrogen-bond donors (Lipinski definition) is 3. The predicted octanol–water partition coefficient (Wildman–Crippen LogP) is 2.40. The second-order valence-electron chi connectivity index (χ2n) is 5.07. The van der Waals surface area contributed by atoms with Gasteiger partial charge >= 0.3 is 0 Å². The van der Waals surface area contributed by atoms with Crippen molar-refractivity contribution in [2.75, 3.05) is 11.9 Å². The molecule has 0 aromatic heterocycles. The van der Waals surface area contributed by atoms with Crippen LogP contribution in [0.25, 0.3) is 0 Å². The Morgan fingerprint density at radius 2 is 2.00 bits per heavy atom. The number of phenols is 1. The highest BCUT2D eigenvalue weighted by molar-refractivity contribution is 5.92. The van der Waals surface area contributed by atoms with E-state index in [1.54, 1.807) is 12.1 Å². The Morgan fingerprint density at radius 1 is 1.39 bits per heavy atom. The molecule has 0 spiro atoms. The zero-order valence-corrected chi connectivity index (χ0v) is 11.8. The molecular formula is C13H21ClN2O2. The van der Waals surface area contributed by atoms with Crippen LogP contribution in [0, 0.1) is 0 Å². The van der Waals surface area contributed by atoms with E-state index < -0.39 is 0 Å². The molecule has 18 heavy (non-hydrogen) atoms. The molecule has 4 N–H and O–H groups in total. The smallest absolute Gasteiger partial charge is 0.225 e. The van der Waals surface area contributed by atoms with Crippen LogP contribution in [-0.2, 0) is 10.2 Å². The zero-order chi connectivity index (χ0) is 13.1. The Kier molecular flexibility index (Phi) is 6.15. The maximum atomic E-state index is 11.4. The number of halogens is 1. The zero-order valence-electron chi connectivity index (χ0n) is 11.0. The first kappa shape index (κ1) is 16.7. The van der Waals surface area contributed by atoms with Crippen molar-refractivity contribution in [1.82, 2.24) is 0 Å². The number of hydrogen-bond acceptors (Lipinski definition) is 3. The molecule has 0 atom stereocenters. The molecule has 1 rings (SSSR count). The molecule has 0 saturated carbocycles. The molecule has 1 aromatic carbocycles. The number of nitrogens with one attached hydrogen (secondary N) is 1. The van der Waals surface area contributed by atoms with E-state index in [-0.39, 0.29) is 35.9 Å². The first-order chi connectivity index (χ1) is 7.84. The minimum atomic E-state index is -0.186. The van der Waals surface area contributed by atoms with Crippen molar-refractivity contribution < 1.29 is 9.90 Å². The summed E-state index contributed by atoms with van der Waals surface area (Å²) in [6, 6.07) is 5.25. The second-order valence-corrected chi connectivity index (χ2v) is 5.07. The first-order valence-electron chi connectivity index (χ1n) is 5.68. The molecule has 0 aliphatic carbocycles. The number of carbonyl (C=O) groups excluding carboxylic acids is 1. The Bertz CT molecular complexity index is 414. The highest BCUT2D eigenvalue weighted by Gasteiger charge is 2.16. The molecular weight excluding hydrogens is 252 g/mol. The Balaban J connectivity index is 0.00000289. The number of anilines is 1. The van der Waals surface area contributed by atoms with Crippen LogP contribution in [0.15, 0.2) is 18.2 Å². The van der Waals surface area contributed by atoms with E-state index in [0.29, 0.717) is 12.2 Å². The van der Waals surface area contributed by atoms with Crippen molar-refractivity contribution in [3.8, 4) is 5.75 Å². The quantitative estimate of drug-likeness (QED) is 0.740. The van der Waals surface area contributed by atoms with E-state index in [9.17, 15) is 9.90 Å². The summed E-state index contributed by atoms with van der Waals surface area (Å²) in [6.07, 6.45) is 0.249. The van der Waals surface area contributed by atoms with Gasteiger partial charge in [-0.05, 0) is 23.1 Å². The van der Waals surface area contributed by atoms with Gasteiger partial charge in [-0.2, -0.15) is 0 Å². The summed E-state index contributed by atoms with van der Waals surface area (Å²) in [5.41, 5.74) is 6.76. The molecule has 0 saturated heterocycles. The molecule has 5 heteroatoms. The minimum absolute atomic E-state index is 0. The Labute approximate surface area is 114 Å². The lowest BCUT2D eigenvalue weighted by Crippen LogP contribution is -2.17. The Morgan fingerprint density at radius 3 is 2.50 bits per heavy atom. The van der Waals surface area contributed by atoms with E-state index in [2.05, 4.69) is 26.1 Å². The fraction of sp³-hybridized carbons (Fsp3) is 0.462. The van der Waals surface area contributed by atoms with Crippen LogP contribution in [0.3, 0.4) is 0 Å². The highest BCUT2D eigenvalue weighted by Crippen LogP contribution is 2.30. The third-order valence-electron chi connectivity index (χ3n) is 2.51. The molecule has 4 nitrogen and oxygen atoms in total. The van der Waals surface area contributed by atoms with Gasteiger partial charge in [0.1, 0.15) is 5.75 Å². The fourth-order valence-electron chi connectivity index (χ4n) is 1.45. The molecule has 0 heterocycles. The largest absolute Gasteiger partial charge is 0.506 e. The lowest BCUT2D eigenvalue weighted by Gasteiger charge is -2.20. The van der Waals surface area contributed by atoms with Gasteiger partial charge in [0, 0.05) is 13.0 Å². The third kappa shape index (κ3) is 4.55. The van der Waals surface area contributed by atoms with E-state index in [1.165, 1.54) is 0 Å². The summed E-state index contributed by atoms with van der Waals surface area (Å²) in [5, 5.41) is 12.3. The van der Waals surface area contributed by atoms with Crippen LogP contribution in [0.5, 0.6) is 5.75 Å². The monoisotopic (exact) mass is 272 g/mol. The van der Waals surface area contributed by atoms with Crippen molar-refractivity contribution in [3.63, 3.8) is 0 Å². The summed E-state index contributed by atoms with van der Waals surface area (Å²) in [5.74, 6) is -0.114. The van der Waals surface area contributed by atoms with E-state index in [0.717, 1.165) is 5.56 Å². The number of carbonyl (C=O) groups is 1. The van der Waals surface area contributed by atoms with Gasteiger partial charge in [0.15, 0.2) is 0 Å². The van der Waals surface area contributed by atoms with Crippen molar-refractivity contribution >= 4 is 24.0 Å². The van der Waals surface area contributed by atoms with E-state index >= 15 is 0 Å². The maximum Gasteiger partial charge on any atom is 0.225 e. The van der Waals surface area contributed by atoms with Crippen molar-refractivity contribution in [2.24, 2.45) is 5.73 Å². The molecule has 0 fully saturated rings. The molecule has 0 aliphatic rings. The molecule has 0 bridgehead atoms. The van der Waals surface area contributed by atoms with Crippen LogP contribution < -0.4 is 11.1 Å². The topological polar surface area (TPSA) is 75.3 Å². The van der Waals surface area contributed by atoms with Gasteiger partial charge in [0.25, 0.3) is 0 Å². The summed E-state index contributed by atoms with van der Waals surface area (Å²) in [4.78, 5) is 11.4. The number of rotatable bonds is 3. The molecule has 0 aliphatic heterocycles. The van der Waals surface area contributed by atoms with Gasteiger partial charge in [-0.25, -0.2) is 0 Å². The number of amides is 1. The summed E-state index contributed by atoms with van der Waals surface area (Å²) in [7, 11) is 0. The number of benzene rings is 1. The lowest BCUT2D eigenvalue weighted by molar-refractivity contribution is -0.116. The van der Waals surface area contributed by atoms with Gasteiger partial charge in [0.05, 0.1) is 5.69 Å². The van der Waals surface area contributed by atoms with Crippen LogP contribution in [0.1, 0.15) is 32.8 Å². The summed E-state index contributed by atoms with van der Waals surface area (Å²) < 4.78 is 0. The van der Waals surface area contributed by atoms with Gasteiger partial charge in [-0.3, -0.25) is 4.79 Å². The Hall–Kier alpha value is -1.26. The SMILES string of the molecule is CC(C)(C)c1ccc(O)c(NC(=O)CCN)c1.Cl. The van der Waals surface area contributed by atoms with Crippen LogP contribution >= 0.6 is 12.4 Å². The average Bonchev–Trinajstić information content (AvgIpc) is 2.20. The normalized spacial score (nSPS) is 10.7. The third-order valence-corrected chi connectivity index (χ3v) is 2.51. The molecule has 102 valence electrons. The number of aromatic hydroxyl groups is 1. The second kappa shape index (κ2) is 6.61. The van der Waals surface area contributed by atoms with Gasteiger partial charge < -0.3 is 16.2 Å². The van der Waals surface area contributed by atoms with E-state index in [1.807, 2.05) is 6.07 Å². The molecule has 1 aromatic rings. The van der Waals surface area contributed by atoms with Crippen LogP contribution in [0.4, 0.5) is 5.69 Å².